The molecule has 0 fully saturated rings. The molecule has 1 atom stereocenters. The van der Waals surface area contributed by atoms with Crippen LogP contribution in [0.5, 0.6) is 0 Å². The average molecular weight is 183 g/mol. The van der Waals surface area contributed by atoms with Crippen molar-refractivity contribution >= 4 is 31.9 Å². The van der Waals surface area contributed by atoms with Crippen LogP contribution in [0.1, 0.15) is 5.56 Å². The third-order valence-corrected chi connectivity index (χ3v) is 1.53. The first kappa shape index (κ1) is 8.63. The van der Waals surface area contributed by atoms with Crippen molar-refractivity contribution in [2.45, 2.75) is 6.92 Å². The second kappa shape index (κ2) is 3.80. The van der Waals surface area contributed by atoms with Crippen molar-refractivity contribution < 1.29 is 0 Å². The Labute approximate surface area is 74.4 Å². The van der Waals surface area contributed by atoms with E-state index in [-0.39, 0.29) is 0 Å². The number of nitrogens with one attached hydrogen (secondary N) is 1. The molecule has 1 rings (SSSR count). The minimum Gasteiger partial charge on any atom is -0.347 e. The molecule has 0 aliphatic rings. The molecule has 0 spiro atoms. The van der Waals surface area contributed by atoms with E-state index in [9.17, 15) is 0 Å². The van der Waals surface area contributed by atoms with Crippen LogP contribution in [0.25, 0.3) is 0 Å². The minimum atomic E-state index is 0.718. The Balaban J connectivity index is 2.79. The van der Waals surface area contributed by atoms with E-state index in [0.29, 0.717) is 0 Å². The highest BCUT2D eigenvalue weighted by atomic mass is 32.1. The quantitative estimate of drug-likeness (QED) is 0.530. The summed E-state index contributed by atoms with van der Waals surface area (Å²) in [6.45, 7) is 2.05. The molecule has 0 heterocycles. The Kier molecular flexibility index (Phi) is 2.98. The molecule has 1 aromatic carbocycles. The standard InChI is InChI=1S/C8H10NPS/c1-6-3-2-4-7(5-6)9-8(10)11/h2-5H,10H2,1H3,(H,9,11). The van der Waals surface area contributed by atoms with Gasteiger partial charge in [0.25, 0.3) is 0 Å². The van der Waals surface area contributed by atoms with E-state index in [1.165, 1.54) is 5.56 Å². The van der Waals surface area contributed by atoms with Crippen LogP contribution >= 0.6 is 21.5 Å². The summed E-state index contributed by atoms with van der Waals surface area (Å²) in [6, 6.07) is 8.09. The molecule has 0 bridgehead atoms. The maximum atomic E-state index is 4.87. The summed E-state index contributed by atoms with van der Waals surface area (Å²) in [4.78, 5) is 0. The Morgan fingerprint density at radius 3 is 2.82 bits per heavy atom. The maximum absolute atomic E-state index is 4.87. The highest BCUT2D eigenvalue weighted by Gasteiger charge is 1.90. The van der Waals surface area contributed by atoms with Crippen molar-refractivity contribution in [3.05, 3.63) is 29.8 Å². The summed E-state index contributed by atoms with van der Waals surface area (Å²) in [5.41, 5.74) is 2.28. The van der Waals surface area contributed by atoms with Crippen LogP contribution in [-0.2, 0) is 0 Å². The van der Waals surface area contributed by atoms with Crippen molar-refractivity contribution in [3.8, 4) is 0 Å². The van der Waals surface area contributed by atoms with E-state index in [1.807, 2.05) is 12.1 Å². The van der Waals surface area contributed by atoms with Gasteiger partial charge in [-0.05, 0) is 24.6 Å². The lowest BCUT2D eigenvalue weighted by molar-refractivity contribution is 1.47. The lowest BCUT2D eigenvalue weighted by atomic mass is 10.2. The van der Waals surface area contributed by atoms with Crippen LogP contribution in [0.2, 0.25) is 0 Å². The molecule has 11 heavy (non-hydrogen) atoms. The molecule has 0 aliphatic heterocycles. The minimum absolute atomic E-state index is 0.718. The van der Waals surface area contributed by atoms with Crippen LogP contribution in [0, 0.1) is 6.92 Å². The van der Waals surface area contributed by atoms with Gasteiger partial charge in [0.1, 0.15) is 0 Å². The van der Waals surface area contributed by atoms with Gasteiger partial charge in [0, 0.05) is 5.69 Å². The fourth-order valence-corrected chi connectivity index (χ4v) is 1.15. The summed E-state index contributed by atoms with van der Waals surface area (Å²) in [5, 5.41) is 3.04. The van der Waals surface area contributed by atoms with Gasteiger partial charge in [-0.25, -0.2) is 0 Å². The fraction of sp³-hybridized carbons (Fsp3) is 0.125. The first-order valence-corrected chi connectivity index (χ1v) is 4.30. The third-order valence-electron chi connectivity index (χ3n) is 1.29. The molecule has 58 valence electrons. The molecule has 1 nitrogen and oxygen atoms in total. The van der Waals surface area contributed by atoms with Crippen molar-refractivity contribution in [1.82, 2.24) is 0 Å². The van der Waals surface area contributed by atoms with Crippen molar-refractivity contribution in [1.29, 1.82) is 0 Å². The molecule has 3 heteroatoms. The molecule has 0 saturated carbocycles. The number of aryl methyl sites for hydroxylation is 1. The second-order valence-corrected chi connectivity index (χ2v) is 3.79. The van der Waals surface area contributed by atoms with Crippen molar-refractivity contribution in [2.24, 2.45) is 0 Å². The van der Waals surface area contributed by atoms with Gasteiger partial charge in [-0.1, -0.05) is 33.6 Å². The first-order valence-electron chi connectivity index (χ1n) is 3.31. The molecule has 0 aromatic heterocycles. The summed E-state index contributed by atoms with van der Waals surface area (Å²) in [6.07, 6.45) is 0. The van der Waals surface area contributed by atoms with E-state index in [1.54, 1.807) is 0 Å². The highest BCUT2D eigenvalue weighted by Crippen LogP contribution is 2.10. The number of hydrogen-bond acceptors (Lipinski definition) is 1. The Bertz CT molecular complexity index is 273. The molecule has 0 radical (unpaired) electrons. The van der Waals surface area contributed by atoms with Gasteiger partial charge in [-0.3, -0.25) is 0 Å². The van der Waals surface area contributed by atoms with Crippen LogP contribution in [0.15, 0.2) is 24.3 Å². The Morgan fingerprint density at radius 2 is 2.27 bits per heavy atom. The van der Waals surface area contributed by atoms with Gasteiger partial charge >= 0.3 is 0 Å². The van der Waals surface area contributed by atoms with E-state index in [4.69, 9.17) is 12.2 Å². The predicted molar refractivity (Wildman–Crippen MR) is 57.1 cm³/mol. The third kappa shape index (κ3) is 2.96. The van der Waals surface area contributed by atoms with Crippen LogP contribution < -0.4 is 5.32 Å². The van der Waals surface area contributed by atoms with Crippen LogP contribution in [0.3, 0.4) is 0 Å². The summed E-state index contributed by atoms with van der Waals surface area (Å²) >= 11 is 4.87. The second-order valence-electron chi connectivity index (χ2n) is 2.36. The zero-order valence-corrected chi connectivity index (χ0v) is 8.27. The molecule has 1 N–H and O–H groups in total. The summed E-state index contributed by atoms with van der Waals surface area (Å²) in [7, 11) is 2.44. The van der Waals surface area contributed by atoms with Gasteiger partial charge < -0.3 is 5.32 Å². The fourth-order valence-electron chi connectivity index (χ4n) is 0.865. The van der Waals surface area contributed by atoms with Gasteiger partial charge in [-0.15, -0.1) is 0 Å². The highest BCUT2D eigenvalue weighted by molar-refractivity contribution is 7.90. The molecule has 1 aromatic rings. The number of thiocarbonyl (C=S) groups is 1. The molecular formula is C8H10NPS. The van der Waals surface area contributed by atoms with Gasteiger partial charge in [0.15, 0.2) is 0 Å². The van der Waals surface area contributed by atoms with Gasteiger partial charge in [0.2, 0.25) is 0 Å². The molecule has 0 saturated heterocycles. The van der Waals surface area contributed by atoms with E-state index in [0.717, 1.165) is 10.4 Å². The summed E-state index contributed by atoms with van der Waals surface area (Å²) < 4.78 is 0.718. The zero-order valence-electron chi connectivity index (χ0n) is 6.29. The average Bonchev–Trinajstić information content (AvgIpc) is 1.85. The topological polar surface area (TPSA) is 12.0 Å². The molecule has 0 amide bonds. The predicted octanol–water partition coefficient (Wildman–Crippen LogP) is 2.57. The largest absolute Gasteiger partial charge is 0.347 e. The molecular weight excluding hydrogens is 173 g/mol. The monoisotopic (exact) mass is 183 g/mol. The first-order chi connectivity index (χ1) is 5.18. The van der Waals surface area contributed by atoms with Gasteiger partial charge in [0.05, 0.1) is 4.73 Å². The van der Waals surface area contributed by atoms with E-state index < -0.39 is 0 Å². The Hall–Kier alpha value is -0.460. The lowest BCUT2D eigenvalue weighted by Gasteiger charge is -2.03. The number of benzene rings is 1. The van der Waals surface area contributed by atoms with Crippen molar-refractivity contribution in [3.63, 3.8) is 0 Å². The molecule has 1 unspecified atom stereocenters. The van der Waals surface area contributed by atoms with E-state index in [2.05, 4.69) is 33.6 Å². The normalized spacial score (nSPS) is 9.27. The van der Waals surface area contributed by atoms with E-state index >= 15 is 0 Å². The Morgan fingerprint density at radius 1 is 1.55 bits per heavy atom. The smallest absolute Gasteiger partial charge is 0.0963 e. The van der Waals surface area contributed by atoms with Gasteiger partial charge in [-0.2, -0.15) is 0 Å². The number of rotatable bonds is 1. The SMILES string of the molecule is Cc1cccc(NC(P)=S)c1. The maximum Gasteiger partial charge on any atom is 0.0963 e. The zero-order chi connectivity index (χ0) is 8.27. The summed E-state index contributed by atoms with van der Waals surface area (Å²) in [5.74, 6) is 0. The lowest BCUT2D eigenvalue weighted by Crippen LogP contribution is -1.99. The number of hydrogen-bond donors (Lipinski definition) is 1. The molecule has 0 aliphatic carbocycles. The van der Waals surface area contributed by atoms with Crippen LogP contribution in [-0.4, -0.2) is 4.73 Å². The number of anilines is 1. The van der Waals surface area contributed by atoms with Crippen LogP contribution in [0.4, 0.5) is 5.69 Å². The van der Waals surface area contributed by atoms with Crippen molar-refractivity contribution in [2.75, 3.05) is 5.32 Å².